The van der Waals surface area contributed by atoms with Crippen molar-refractivity contribution in [1.82, 2.24) is 15.2 Å². The number of carbonyl (C=O) groups is 1. The Labute approximate surface area is 76.5 Å². The van der Waals surface area contributed by atoms with E-state index in [-0.39, 0.29) is 11.7 Å². The van der Waals surface area contributed by atoms with Crippen LogP contribution in [0, 0.1) is 0 Å². The molecule has 0 aliphatic heterocycles. The first-order chi connectivity index (χ1) is 6.15. The fourth-order valence-electron chi connectivity index (χ4n) is 0.819. The van der Waals surface area contributed by atoms with Crippen LogP contribution >= 0.6 is 0 Å². The number of carbonyl (C=O) groups excluding carboxylic acids is 1. The van der Waals surface area contributed by atoms with Gasteiger partial charge < -0.3 is 4.74 Å². The molecule has 0 aliphatic rings. The highest BCUT2D eigenvalue weighted by molar-refractivity contribution is 5.84. The minimum absolute atomic E-state index is 0.102. The molecule has 5 nitrogen and oxygen atoms in total. The fourth-order valence-corrected chi connectivity index (χ4v) is 0.819. The van der Waals surface area contributed by atoms with Gasteiger partial charge in [-0.25, -0.2) is 9.78 Å². The Morgan fingerprint density at radius 3 is 2.77 bits per heavy atom. The summed E-state index contributed by atoms with van der Waals surface area (Å²) >= 11 is 0. The minimum atomic E-state index is -0.481. The lowest BCUT2D eigenvalue weighted by atomic mass is 10.2. The van der Waals surface area contributed by atoms with Crippen LogP contribution in [0.15, 0.2) is 0 Å². The zero-order valence-electron chi connectivity index (χ0n) is 8.00. The van der Waals surface area contributed by atoms with E-state index in [1.807, 2.05) is 13.8 Å². The van der Waals surface area contributed by atoms with Gasteiger partial charge in [-0.3, -0.25) is 5.10 Å². The molecule has 0 spiro atoms. The zero-order valence-corrected chi connectivity index (χ0v) is 8.00. The first kappa shape index (κ1) is 9.70. The van der Waals surface area contributed by atoms with Crippen LogP contribution in [-0.4, -0.2) is 27.8 Å². The highest BCUT2D eigenvalue weighted by Crippen LogP contribution is 2.07. The molecule has 13 heavy (non-hydrogen) atoms. The second-order valence-electron chi connectivity index (χ2n) is 2.92. The van der Waals surface area contributed by atoms with Crippen molar-refractivity contribution in [3.05, 3.63) is 11.6 Å². The number of esters is 1. The van der Waals surface area contributed by atoms with E-state index in [0.29, 0.717) is 12.4 Å². The molecule has 72 valence electrons. The van der Waals surface area contributed by atoms with Crippen LogP contribution < -0.4 is 0 Å². The predicted octanol–water partition coefficient (Wildman–Crippen LogP) is 1.10. The number of hydrogen-bond donors (Lipinski definition) is 1. The summed E-state index contributed by atoms with van der Waals surface area (Å²) in [6.07, 6.45) is 0. The maximum atomic E-state index is 11.1. The molecular weight excluding hydrogens is 170 g/mol. The Bertz CT molecular complexity index is 293. The monoisotopic (exact) mass is 183 g/mol. The summed E-state index contributed by atoms with van der Waals surface area (Å²) in [4.78, 5) is 15.1. The van der Waals surface area contributed by atoms with E-state index >= 15 is 0 Å². The molecule has 0 saturated heterocycles. The first-order valence-corrected chi connectivity index (χ1v) is 4.24. The highest BCUT2D eigenvalue weighted by Gasteiger charge is 2.14. The van der Waals surface area contributed by atoms with E-state index in [2.05, 4.69) is 15.2 Å². The highest BCUT2D eigenvalue weighted by atomic mass is 16.5. The normalized spacial score (nSPS) is 10.5. The van der Waals surface area contributed by atoms with Crippen molar-refractivity contribution in [2.24, 2.45) is 0 Å². The van der Waals surface area contributed by atoms with E-state index in [0.717, 1.165) is 0 Å². The smallest absolute Gasteiger partial charge is 0.378 e. The van der Waals surface area contributed by atoms with Crippen molar-refractivity contribution in [2.45, 2.75) is 26.7 Å². The molecule has 1 rings (SSSR count). The predicted molar refractivity (Wildman–Crippen MR) is 46.4 cm³/mol. The molecule has 0 unspecified atom stereocenters. The Morgan fingerprint density at radius 1 is 1.62 bits per heavy atom. The van der Waals surface area contributed by atoms with Gasteiger partial charge in [0.2, 0.25) is 0 Å². The summed E-state index contributed by atoms with van der Waals surface area (Å²) < 4.78 is 4.74. The van der Waals surface area contributed by atoms with E-state index < -0.39 is 5.97 Å². The van der Waals surface area contributed by atoms with E-state index in [9.17, 15) is 4.79 Å². The number of ether oxygens (including phenoxy) is 1. The van der Waals surface area contributed by atoms with Crippen molar-refractivity contribution in [1.29, 1.82) is 0 Å². The summed E-state index contributed by atoms with van der Waals surface area (Å²) in [5, 5.41) is 6.43. The molecule has 5 heteroatoms. The molecule has 1 N–H and O–H groups in total. The van der Waals surface area contributed by atoms with Gasteiger partial charge >= 0.3 is 5.97 Å². The minimum Gasteiger partial charge on any atom is -0.460 e. The van der Waals surface area contributed by atoms with Gasteiger partial charge in [0, 0.05) is 5.92 Å². The molecule has 0 fully saturated rings. The van der Waals surface area contributed by atoms with Crippen molar-refractivity contribution in [3.8, 4) is 0 Å². The van der Waals surface area contributed by atoms with Crippen molar-refractivity contribution >= 4 is 5.97 Å². The van der Waals surface area contributed by atoms with E-state index in [1.165, 1.54) is 0 Å². The first-order valence-electron chi connectivity index (χ1n) is 4.24. The summed E-state index contributed by atoms with van der Waals surface area (Å²) in [6.45, 7) is 6.02. The average Bonchev–Trinajstić information content (AvgIpc) is 2.52. The third-order valence-electron chi connectivity index (χ3n) is 1.51. The lowest BCUT2D eigenvalue weighted by Gasteiger charge is -1.96. The summed E-state index contributed by atoms with van der Waals surface area (Å²) in [7, 11) is 0. The van der Waals surface area contributed by atoms with Crippen LogP contribution in [0.1, 0.15) is 43.1 Å². The largest absolute Gasteiger partial charge is 0.460 e. The number of rotatable bonds is 3. The van der Waals surface area contributed by atoms with Crippen LogP contribution in [0.5, 0.6) is 0 Å². The van der Waals surface area contributed by atoms with Crippen molar-refractivity contribution < 1.29 is 9.53 Å². The van der Waals surface area contributed by atoms with E-state index in [1.54, 1.807) is 6.92 Å². The maximum Gasteiger partial charge on any atom is 0.378 e. The number of nitrogens with one attached hydrogen (secondary N) is 1. The Balaban J connectivity index is 2.73. The molecule has 1 aromatic rings. The van der Waals surface area contributed by atoms with Gasteiger partial charge in [-0.2, -0.15) is 0 Å². The Kier molecular flexibility index (Phi) is 3.00. The zero-order chi connectivity index (χ0) is 9.84. The molecule has 0 aromatic carbocycles. The van der Waals surface area contributed by atoms with Crippen LogP contribution in [0.25, 0.3) is 0 Å². The SMILES string of the molecule is CCOC(=O)c1n[nH]c(C(C)C)n1. The van der Waals surface area contributed by atoms with Crippen LogP contribution in [0.2, 0.25) is 0 Å². The lowest BCUT2D eigenvalue weighted by Crippen LogP contribution is -2.06. The standard InChI is InChI=1S/C8H13N3O2/c1-4-13-8(12)7-9-6(5(2)3)10-11-7/h5H,4H2,1-3H3,(H,9,10,11). The third-order valence-corrected chi connectivity index (χ3v) is 1.51. The van der Waals surface area contributed by atoms with Gasteiger partial charge in [-0.1, -0.05) is 13.8 Å². The van der Waals surface area contributed by atoms with Gasteiger partial charge in [0.1, 0.15) is 5.82 Å². The van der Waals surface area contributed by atoms with Gasteiger partial charge in [0.25, 0.3) is 5.82 Å². The average molecular weight is 183 g/mol. The Hall–Kier alpha value is -1.39. The molecule has 0 atom stereocenters. The molecule has 0 bridgehead atoms. The second kappa shape index (κ2) is 4.02. The molecule has 0 saturated carbocycles. The quantitative estimate of drug-likeness (QED) is 0.712. The van der Waals surface area contributed by atoms with E-state index in [4.69, 9.17) is 4.74 Å². The van der Waals surface area contributed by atoms with Gasteiger partial charge in [-0.05, 0) is 6.92 Å². The molecule has 0 aliphatic carbocycles. The lowest BCUT2D eigenvalue weighted by molar-refractivity contribution is 0.0512. The molecule has 0 radical (unpaired) electrons. The summed E-state index contributed by atoms with van der Waals surface area (Å²) in [6, 6.07) is 0. The molecule has 0 amide bonds. The maximum absolute atomic E-state index is 11.1. The number of aromatic amines is 1. The van der Waals surface area contributed by atoms with Crippen LogP contribution in [-0.2, 0) is 4.74 Å². The summed E-state index contributed by atoms with van der Waals surface area (Å²) in [5.41, 5.74) is 0. The van der Waals surface area contributed by atoms with Gasteiger partial charge in [-0.15, -0.1) is 5.10 Å². The van der Waals surface area contributed by atoms with Crippen molar-refractivity contribution in [2.75, 3.05) is 6.61 Å². The number of hydrogen-bond acceptors (Lipinski definition) is 4. The number of aromatic nitrogens is 3. The molecule has 1 heterocycles. The van der Waals surface area contributed by atoms with Crippen molar-refractivity contribution in [3.63, 3.8) is 0 Å². The topological polar surface area (TPSA) is 67.9 Å². The second-order valence-corrected chi connectivity index (χ2v) is 2.92. The third kappa shape index (κ3) is 2.27. The summed E-state index contributed by atoms with van der Waals surface area (Å²) in [5.74, 6) is 0.551. The number of nitrogens with zero attached hydrogens (tertiary/aromatic N) is 2. The van der Waals surface area contributed by atoms with Gasteiger partial charge in [0.15, 0.2) is 0 Å². The molecule has 1 aromatic heterocycles. The number of H-pyrrole nitrogens is 1. The van der Waals surface area contributed by atoms with Crippen LogP contribution in [0.4, 0.5) is 0 Å². The van der Waals surface area contributed by atoms with Crippen LogP contribution in [0.3, 0.4) is 0 Å². The van der Waals surface area contributed by atoms with Gasteiger partial charge in [0.05, 0.1) is 6.61 Å². The fraction of sp³-hybridized carbons (Fsp3) is 0.625. The Morgan fingerprint density at radius 2 is 2.31 bits per heavy atom. The molecular formula is C8H13N3O2.